The SMILES string of the molecule is O=C1C[C@@]2(c3ccccc3)CCCC[C@@H]2C(=O)N1CC1CCC1. The van der Waals surface area contributed by atoms with E-state index in [2.05, 4.69) is 12.1 Å². The Hall–Kier alpha value is -1.64. The lowest BCUT2D eigenvalue weighted by Gasteiger charge is -2.49. The zero-order chi connectivity index (χ0) is 15.9. The summed E-state index contributed by atoms with van der Waals surface area (Å²) in [7, 11) is 0. The van der Waals surface area contributed by atoms with E-state index in [1.807, 2.05) is 18.2 Å². The second-order valence-corrected chi connectivity index (χ2v) is 7.64. The molecule has 0 aromatic heterocycles. The number of imide groups is 1. The summed E-state index contributed by atoms with van der Waals surface area (Å²) in [6.07, 6.45) is 8.24. The monoisotopic (exact) mass is 311 g/mol. The molecule has 1 aliphatic heterocycles. The van der Waals surface area contributed by atoms with E-state index in [4.69, 9.17) is 0 Å². The minimum atomic E-state index is -0.246. The van der Waals surface area contributed by atoms with Crippen molar-refractivity contribution < 1.29 is 9.59 Å². The van der Waals surface area contributed by atoms with E-state index >= 15 is 0 Å². The van der Waals surface area contributed by atoms with Crippen molar-refractivity contribution in [3.63, 3.8) is 0 Å². The summed E-state index contributed by atoms with van der Waals surface area (Å²) >= 11 is 0. The highest BCUT2D eigenvalue weighted by Gasteiger charge is 2.53. The first-order chi connectivity index (χ1) is 11.2. The van der Waals surface area contributed by atoms with Crippen LogP contribution < -0.4 is 0 Å². The number of benzene rings is 1. The maximum absolute atomic E-state index is 13.1. The van der Waals surface area contributed by atoms with Crippen molar-refractivity contribution in [3.8, 4) is 0 Å². The Balaban J connectivity index is 1.66. The Morgan fingerprint density at radius 3 is 2.48 bits per heavy atom. The number of carbonyl (C=O) groups is 2. The molecule has 122 valence electrons. The van der Waals surface area contributed by atoms with Gasteiger partial charge in [0.15, 0.2) is 0 Å². The van der Waals surface area contributed by atoms with Crippen molar-refractivity contribution >= 4 is 11.8 Å². The van der Waals surface area contributed by atoms with E-state index in [1.54, 1.807) is 4.90 Å². The molecule has 1 aromatic carbocycles. The molecule has 3 fully saturated rings. The fourth-order valence-corrected chi connectivity index (χ4v) is 4.83. The topological polar surface area (TPSA) is 37.4 Å². The third kappa shape index (κ3) is 2.41. The number of carbonyl (C=O) groups excluding carboxylic acids is 2. The minimum Gasteiger partial charge on any atom is -0.282 e. The Kier molecular flexibility index (Phi) is 3.74. The van der Waals surface area contributed by atoms with Crippen molar-refractivity contribution in [2.45, 2.75) is 56.8 Å². The molecule has 3 aliphatic rings. The largest absolute Gasteiger partial charge is 0.282 e. The van der Waals surface area contributed by atoms with Crippen LogP contribution in [0.1, 0.15) is 56.9 Å². The van der Waals surface area contributed by atoms with Crippen LogP contribution in [0.25, 0.3) is 0 Å². The van der Waals surface area contributed by atoms with Gasteiger partial charge in [0.25, 0.3) is 0 Å². The van der Waals surface area contributed by atoms with E-state index in [0.717, 1.165) is 25.7 Å². The summed E-state index contributed by atoms with van der Waals surface area (Å²) in [5.74, 6) is 0.716. The first-order valence-electron chi connectivity index (χ1n) is 9.10. The van der Waals surface area contributed by atoms with Crippen LogP contribution in [0.5, 0.6) is 0 Å². The van der Waals surface area contributed by atoms with Gasteiger partial charge in [-0.05, 0) is 37.2 Å². The number of amides is 2. The van der Waals surface area contributed by atoms with Crippen molar-refractivity contribution in [3.05, 3.63) is 35.9 Å². The molecule has 1 aromatic rings. The zero-order valence-electron chi connectivity index (χ0n) is 13.7. The average Bonchev–Trinajstić information content (AvgIpc) is 2.54. The highest BCUT2D eigenvalue weighted by atomic mass is 16.2. The lowest BCUT2D eigenvalue weighted by atomic mass is 9.58. The minimum absolute atomic E-state index is 0.00331. The van der Waals surface area contributed by atoms with Gasteiger partial charge in [-0.25, -0.2) is 0 Å². The Bertz CT molecular complexity index is 607. The number of rotatable bonds is 3. The number of likely N-dealkylation sites (tertiary alicyclic amines) is 1. The lowest BCUT2D eigenvalue weighted by Crippen LogP contribution is -2.58. The molecule has 0 spiro atoms. The summed E-state index contributed by atoms with van der Waals surface area (Å²) in [6, 6.07) is 10.3. The summed E-state index contributed by atoms with van der Waals surface area (Å²) in [5, 5.41) is 0. The molecular weight excluding hydrogens is 286 g/mol. The van der Waals surface area contributed by atoms with E-state index in [9.17, 15) is 9.59 Å². The molecule has 0 bridgehead atoms. The maximum Gasteiger partial charge on any atom is 0.233 e. The smallest absolute Gasteiger partial charge is 0.233 e. The number of hydrogen-bond donors (Lipinski definition) is 0. The molecule has 0 N–H and O–H groups in total. The average molecular weight is 311 g/mol. The Morgan fingerprint density at radius 1 is 1.00 bits per heavy atom. The molecule has 23 heavy (non-hydrogen) atoms. The molecule has 1 heterocycles. The van der Waals surface area contributed by atoms with Crippen molar-refractivity contribution in [2.75, 3.05) is 6.54 Å². The van der Waals surface area contributed by atoms with Crippen LogP contribution in [0.15, 0.2) is 30.3 Å². The van der Waals surface area contributed by atoms with Gasteiger partial charge in [0.05, 0.1) is 0 Å². The molecule has 2 amide bonds. The van der Waals surface area contributed by atoms with Gasteiger partial charge in [-0.2, -0.15) is 0 Å². The van der Waals surface area contributed by atoms with Crippen LogP contribution in [0.3, 0.4) is 0 Å². The van der Waals surface area contributed by atoms with Gasteiger partial charge >= 0.3 is 0 Å². The van der Waals surface area contributed by atoms with Crippen LogP contribution in [-0.4, -0.2) is 23.3 Å². The summed E-state index contributed by atoms with van der Waals surface area (Å²) < 4.78 is 0. The van der Waals surface area contributed by atoms with E-state index in [0.29, 0.717) is 18.9 Å². The predicted molar refractivity (Wildman–Crippen MR) is 88.8 cm³/mol. The van der Waals surface area contributed by atoms with E-state index in [-0.39, 0.29) is 23.1 Å². The molecular formula is C20H25NO2. The van der Waals surface area contributed by atoms with Crippen LogP contribution in [0.2, 0.25) is 0 Å². The molecule has 2 atom stereocenters. The first-order valence-corrected chi connectivity index (χ1v) is 9.10. The van der Waals surface area contributed by atoms with Gasteiger partial charge in [0, 0.05) is 24.3 Å². The lowest BCUT2D eigenvalue weighted by molar-refractivity contribution is -0.159. The first kappa shape index (κ1) is 14.9. The van der Waals surface area contributed by atoms with Crippen molar-refractivity contribution in [1.29, 1.82) is 0 Å². The predicted octanol–water partition coefficient (Wildman–Crippen LogP) is 3.67. The Morgan fingerprint density at radius 2 is 1.78 bits per heavy atom. The number of hydrogen-bond acceptors (Lipinski definition) is 2. The molecule has 4 rings (SSSR count). The highest BCUT2D eigenvalue weighted by molar-refractivity contribution is 6.01. The van der Waals surface area contributed by atoms with Gasteiger partial charge < -0.3 is 0 Å². The second-order valence-electron chi connectivity index (χ2n) is 7.64. The maximum atomic E-state index is 13.1. The van der Waals surface area contributed by atoms with Gasteiger partial charge in [0.2, 0.25) is 11.8 Å². The van der Waals surface area contributed by atoms with Crippen molar-refractivity contribution in [2.24, 2.45) is 11.8 Å². The normalized spacial score (nSPS) is 31.7. The third-order valence-corrected chi connectivity index (χ3v) is 6.38. The molecule has 2 aliphatic carbocycles. The molecule has 0 unspecified atom stereocenters. The summed E-state index contributed by atoms with van der Waals surface area (Å²) in [6.45, 7) is 0.666. The summed E-state index contributed by atoms with van der Waals surface area (Å²) in [4.78, 5) is 27.6. The Labute approximate surface area is 138 Å². The quantitative estimate of drug-likeness (QED) is 0.799. The zero-order valence-corrected chi connectivity index (χ0v) is 13.7. The number of nitrogens with zero attached hydrogens (tertiary/aromatic N) is 1. The van der Waals surface area contributed by atoms with Crippen LogP contribution in [0, 0.1) is 11.8 Å². The number of fused-ring (bicyclic) bond motifs is 1. The number of piperidine rings is 1. The molecule has 3 nitrogen and oxygen atoms in total. The second kappa shape index (κ2) is 5.77. The van der Waals surface area contributed by atoms with E-state index < -0.39 is 0 Å². The standard InChI is InChI=1S/C20H25NO2/c22-18-13-20(16-9-2-1-3-10-16)12-5-4-11-17(20)19(23)21(18)14-15-7-6-8-15/h1-3,9-10,15,17H,4-8,11-14H2/t17-,20-/m1/s1. The fourth-order valence-electron chi connectivity index (χ4n) is 4.83. The third-order valence-electron chi connectivity index (χ3n) is 6.38. The van der Waals surface area contributed by atoms with Gasteiger partial charge in [-0.1, -0.05) is 49.6 Å². The molecule has 2 saturated carbocycles. The molecule has 1 saturated heterocycles. The highest BCUT2D eigenvalue weighted by Crippen LogP contribution is 2.50. The van der Waals surface area contributed by atoms with Crippen LogP contribution in [-0.2, 0) is 15.0 Å². The van der Waals surface area contributed by atoms with Gasteiger partial charge in [-0.3, -0.25) is 14.5 Å². The van der Waals surface area contributed by atoms with E-state index in [1.165, 1.54) is 24.8 Å². The molecule has 3 heteroatoms. The van der Waals surface area contributed by atoms with Crippen molar-refractivity contribution in [1.82, 2.24) is 4.90 Å². The fraction of sp³-hybridized carbons (Fsp3) is 0.600. The molecule has 0 radical (unpaired) electrons. The van der Waals surface area contributed by atoms with Gasteiger partial charge in [0.1, 0.15) is 0 Å². The van der Waals surface area contributed by atoms with Crippen LogP contribution >= 0.6 is 0 Å². The summed E-state index contributed by atoms with van der Waals surface area (Å²) in [5.41, 5.74) is 0.943. The van der Waals surface area contributed by atoms with Gasteiger partial charge in [-0.15, -0.1) is 0 Å². The van der Waals surface area contributed by atoms with Crippen LogP contribution in [0.4, 0.5) is 0 Å².